The summed E-state index contributed by atoms with van der Waals surface area (Å²) in [5.41, 5.74) is -0.195. The number of carbonyl (C=O) groups excluding carboxylic acids is 1. The molecule has 1 amide bonds. The van der Waals surface area contributed by atoms with E-state index in [-0.39, 0.29) is 11.9 Å². The van der Waals surface area contributed by atoms with Crippen LogP contribution in [-0.4, -0.2) is 27.6 Å². The fourth-order valence-electron chi connectivity index (χ4n) is 3.14. The summed E-state index contributed by atoms with van der Waals surface area (Å²) in [6.45, 7) is 1.73. The molecular formula is C15H20N2O3. The van der Waals surface area contributed by atoms with Crippen LogP contribution >= 0.6 is 0 Å². The van der Waals surface area contributed by atoms with E-state index < -0.39 is 11.4 Å². The van der Waals surface area contributed by atoms with E-state index in [1.165, 1.54) is 0 Å². The monoisotopic (exact) mass is 276 g/mol. The summed E-state index contributed by atoms with van der Waals surface area (Å²) in [5.74, 6) is -0.973. The molecule has 2 aliphatic carbocycles. The minimum Gasteiger partial charge on any atom is -0.481 e. The Labute approximate surface area is 118 Å². The molecule has 2 saturated carbocycles. The zero-order chi connectivity index (χ0) is 14.3. The molecule has 1 aromatic heterocycles. The summed E-state index contributed by atoms with van der Waals surface area (Å²) in [6.07, 6.45) is 6.36. The van der Waals surface area contributed by atoms with Gasteiger partial charge in [-0.05, 0) is 44.7 Å². The topological polar surface area (TPSA) is 71.3 Å². The average Bonchev–Trinajstić information content (AvgIpc) is 3.01. The smallest absolute Gasteiger partial charge is 0.311 e. The molecule has 0 aromatic carbocycles. The van der Waals surface area contributed by atoms with E-state index in [0.717, 1.165) is 25.7 Å². The first-order chi connectivity index (χ1) is 9.52. The highest BCUT2D eigenvalue weighted by atomic mass is 16.4. The van der Waals surface area contributed by atoms with E-state index in [2.05, 4.69) is 5.32 Å². The van der Waals surface area contributed by atoms with Gasteiger partial charge in [0.1, 0.15) is 5.69 Å². The number of carboxylic acids is 1. The Bertz CT molecular complexity index is 547. The number of hydrogen-bond donors (Lipinski definition) is 2. The van der Waals surface area contributed by atoms with Crippen LogP contribution in [0.5, 0.6) is 0 Å². The molecule has 0 radical (unpaired) electrons. The van der Waals surface area contributed by atoms with Crippen molar-refractivity contribution < 1.29 is 14.7 Å². The van der Waals surface area contributed by atoms with Gasteiger partial charge in [-0.25, -0.2) is 0 Å². The van der Waals surface area contributed by atoms with Gasteiger partial charge >= 0.3 is 5.97 Å². The third-order valence-corrected chi connectivity index (χ3v) is 4.70. The highest BCUT2D eigenvalue weighted by Crippen LogP contribution is 2.39. The lowest BCUT2D eigenvalue weighted by Crippen LogP contribution is -2.47. The van der Waals surface area contributed by atoms with Crippen LogP contribution in [0.15, 0.2) is 18.3 Å². The van der Waals surface area contributed by atoms with Gasteiger partial charge in [-0.15, -0.1) is 0 Å². The largest absolute Gasteiger partial charge is 0.481 e. The van der Waals surface area contributed by atoms with Gasteiger partial charge in [-0.3, -0.25) is 9.59 Å². The van der Waals surface area contributed by atoms with Gasteiger partial charge in [0.05, 0.1) is 5.41 Å². The maximum atomic E-state index is 12.4. The molecule has 2 unspecified atom stereocenters. The standard InChI is InChI=1S/C15H20N2O3/c1-15(14(19)20)8-2-5-12(15)16-13(18)11-4-3-9-17(11)10-6-7-10/h3-4,9-10,12H,2,5-8H2,1H3,(H,16,18)(H,19,20). The molecule has 0 spiro atoms. The minimum atomic E-state index is -0.841. The average molecular weight is 276 g/mol. The van der Waals surface area contributed by atoms with Crippen molar-refractivity contribution in [3.05, 3.63) is 24.0 Å². The normalized spacial score (nSPS) is 29.4. The molecule has 108 valence electrons. The summed E-state index contributed by atoms with van der Waals surface area (Å²) >= 11 is 0. The molecular weight excluding hydrogens is 256 g/mol. The molecule has 3 rings (SSSR count). The lowest BCUT2D eigenvalue weighted by molar-refractivity contribution is -0.148. The summed E-state index contributed by atoms with van der Waals surface area (Å²) in [5, 5.41) is 12.3. The van der Waals surface area contributed by atoms with Crippen molar-refractivity contribution in [3.63, 3.8) is 0 Å². The van der Waals surface area contributed by atoms with Gasteiger partial charge in [-0.1, -0.05) is 6.42 Å². The first-order valence-electron chi connectivity index (χ1n) is 7.23. The Morgan fingerprint density at radius 1 is 1.40 bits per heavy atom. The second-order valence-electron chi connectivity index (χ2n) is 6.17. The fraction of sp³-hybridized carbons (Fsp3) is 0.600. The molecule has 0 aliphatic heterocycles. The Hall–Kier alpha value is -1.78. The maximum Gasteiger partial charge on any atom is 0.311 e. The summed E-state index contributed by atoms with van der Waals surface area (Å²) in [7, 11) is 0. The van der Waals surface area contributed by atoms with Gasteiger partial charge in [0.2, 0.25) is 0 Å². The van der Waals surface area contributed by atoms with E-state index in [1.54, 1.807) is 13.0 Å². The zero-order valence-electron chi connectivity index (χ0n) is 11.6. The van der Waals surface area contributed by atoms with Gasteiger partial charge in [-0.2, -0.15) is 0 Å². The van der Waals surface area contributed by atoms with Gasteiger partial charge in [0.25, 0.3) is 5.91 Å². The molecule has 0 saturated heterocycles. The van der Waals surface area contributed by atoms with Crippen molar-refractivity contribution in [2.45, 2.75) is 51.1 Å². The second kappa shape index (κ2) is 4.65. The predicted octanol–water partition coefficient (Wildman–Crippen LogP) is 2.20. The van der Waals surface area contributed by atoms with E-state index >= 15 is 0 Å². The number of carboxylic acid groups (broad SMARTS) is 1. The van der Waals surface area contributed by atoms with Crippen LogP contribution in [0.4, 0.5) is 0 Å². The number of aromatic nitrogens is 1. The Balaban J connectivity index is 1.75. The highest BCUT2D eigenvalue weighted by Gasteiger charge is 2.46. The number of carbonyl (C=O) groups is 2. The maximum absolute atomic E-state index is 12.4. The molecule has 20 heavy (non-hydrogen) atoms. The van der Waals surface area contributed by atoms with Crippen LogP contribution in [0.3, 0.4) is 0 Å². The number of hydrogen-bond acceptors (Lipinski definition) is 2. The van der Waals surface area contributed by atoms with E-state index in [9.17, 15) is 14.7 Å². The summed E-state index contributed by atoms with van der Waals surface area (Å²) < 4.78 is 2.00. The SMILES string of the molecule is CC1(C(=O)O)CCCC1NC(=O)c1cccn1C1CC1. The number of nitrogens with one attached hydrogen (secondary N) is 1. The number of rotatable bonds is 4. The fourth-order valence-corrected chi connectivity index (χ4v) is 3.14. The number of aliphatic carboxylic acids is 1. The minimum absolute atomic E-state index is 0.152. The van der Waals surface area contributed by atoms with Gasteiger partial charge in [0, 0.05) is 18.3 Å². The third-order valence-electron chi connectivity index (χ3n) is 4.70. The molecule has 5 heteroatoms. The van der Waals surface area contributed by atoms with Crippen molar-refractivity contribution in [3.8, 4) is 0 Å². The molecule has 2 fully saturated rings. The first kappa shape index (κ1) is 13.2. The van der Waals surface area contributed by atoms with Gasteiger partial charge < -0.3 is 15.0 Å². The molecule has 2 atom stereocenters. The van der Waals surface area contributed by atoms with E-state index in [1.807, 2.05) is 16.8 Å². The molecule has 0 bridgehead atoms. The lowest BCUT2D eigenvalue weighted by Gasteiger charge is -2.27. The zero-order valence-corrected chi connectivity index (χ0v) is 11.6. The first-order valence-corrected chi connectivity index (χ1v) is 7.23. The van der Waals surface area contributed by atoms with Crippen molar-refractivity contribution in [1.29, 1.82) is 0 Å². The van der Waals surface area contributed by atoms with Crippen molar-refractivity contribution in [2.24, 2.45) is 5.41 Å². The second-order valence-corrected chi connectivity index (χ2v) is 6.17. The van der Waals surface area contributed by atoms with Crippen LogP contribution in [0.1, 0.15) is 55.6 Å². The van der Waals surface area contributed by atoms with E-state index in [0.29, 0.717) is 18.2 Å². The van der Waals surface area contributed by atoms with Crippen molar-refractivity contribution in [2.75, 3.05) is 0 Å². The summed E-state index contributed by atoms with van der Waals surface area (Å²) in [4.78, 5) is 23.8. The highest BCUT2D eigenvalue weighted by molar-refractivity contribution is 5.93. The predicted molar refractivity (Wildman–Crippen MR) is 73.6 cm³/mol. The molecule has 1 aromatic rings. The molecule has 2 N–H and O–H groups in total. The Morgan fingerprint density at radius 2 is 2.15 bits per heavy atom. The molecule has 2 aliphatic rings. The van der Waals surface area contributed by atoms with Crippen LogP contribution in [0, 0.1) is 5.41 Å². The molecule has 1 heterocycles. The number of nitrogens with zero attached hydrogens (tertiary/aromatic N) is 1. The Morgan fingerprint density at radius 3 is 2.80 bits per heavy atom. The number of amides is 1. The summed E-state index contributed by atoms with van der Waals surface area (Å²) in [6, 6.07) is 3.84. The third kappa shape index (κ3) is 2.11. The van der Waals surface area contributed by atoms with E-state index in [4.69, 9.17) is 0 Å². The van der Waals surface area contributed by atoms with Crippen LogP contribution in [-0.2, 0) is 4.79 Å². The van der Waals surface area contributed by atoms with Crippen LogP contribution in [0.25, 0.3) is 0 Å². The van der Waals surface area contributed by atoms with Gasteiger partial charge in [0.15, 0.2) is 0 Å². The van der Waals surface area contributed by atoms with Crippen molar-refractivity contribution >= 4 is 11.9 Å². The lowest BCUT2D eigenvalue weighted by atomic mass is 9.85. The van der Waals surface area contributed by atoms with Crippen molar-refractivity contribution in [1.82, 2.24) is 9.88 Å². The van der Waals surface area contributed by atoms with Crippen LogP contribution in [0.2, 0.25) is 0 Å². The quantitative estimate of drug-likeness (QED) is 0.885. The molecule has 5 nitrogen and oxygen atoms in total. The Kier molecular flexibility index (Phi) is 3.07. The van der Waals surface area contributed by atoms with Crippen LogP contribution < -0.4 is 5.32 Å².